The summed E-state index contributed by atoms with van der Waals surface area (Å²) in [4.78, 5) is 22.4. The van der Waals surface area contributed by atoms with Crippen LogP contribution in [0.1, 0.15) is 53.7 Å². The van der Waals surface area contributed by atoms with E-state index in [9.17, 15) is 9.59 Å². The third-order valence-electron chi connectivity index (χ3n) is 3.30. The van der Waals surface area contributed by atoms with E-state index in [1.807, 2.05) is 0 Å². The van der Waals surface area contributed by atoms with Crippen molar-refractivity contribution >= 4 is 11.9 Å². The maximum absolute atomic E-state index is 11.8. The Hall–Kier alpha value is -1.85. The molecule has 1 heterocycles. The summed E-state index contributed by atoms with van der Waals surface area (Å²) in [7, 11) is 0. The van der Waals surface area contributed by atoms with Gasteiger partial charge in [0.25, 0.3) is 5.91 Å². The predicted octanol–water partition coefficient (Wildman–Crippen LogP) is 1.68. The van der Waals surface area contributed by atoms with Crippen LogP contribution in [-0.2, 0) is 0 Å². The van der Waals surface area contributed by atoms with Crippen LogP contribution >= 0.6 is 0 Å². The summed E-state index contributed by atoms with van der Waals surface area (Å²) < 4.78 is 4.54. The molecule has 0 spiro atoms. The van der Waals surface area contributed by atoms with Gasteiger partial charge in [-0.1, -0.05) is 12.1 Å². The van der Waals surface area contributed by atoms with Crippen molar-refractivity contribution in [2.24, 2.45) is 5.92 Å². The monoisotopic (exact) mass is 252 g/mol. The Bertz CT molecular complexity index is 447. The summed E-state index contributed by atoms with van der Waals surface area (Å²) in [6.07, 6.45) is 4.11. The number of aromatic nitrogens is 1. The lowest BCUT2D eigenvalue weighted by atomic mass is 9.87. The zero-order chi connectivity index (χ0) is 13.1. The highest BCUT2D eigenvalue weighted by molar-refractivity contribution is 5.94. The molecule has 0 radical (unpaired) electrons. The third kappa shape index (κ3) is 2.88. The minimum atomic E-state index is -1.23. The van der Waals surface area contributed by atoms with Crippen LogP contribution in [-0.4, -0.2) is 28.2 Å². The first-order valence-electron chi connectivity index (χ1n) is 6.07. The maximum atomic E-state index is 11.8. The van der Waals surface area contributed by atoms with Crippen molar-refractivity contribution in [1.29, 1.82) is 0 Å². The zero-order valence-electron chi connectivity index (χ0n) is 10.2. The molecule has 0 atom stereocenters. The molecule has 6 heteroatoms. The highest BCUT2D eigenvalue weighted by Gasteiger charge is 2.22. The Balaban J connectivity index is 1.93. The third-order valence-corrected chi connectivity index (χ3v) is 3.30. The molecule has 2 N–H and O–H groups in total. The fourth-order valence-corrected chi connectivity index (χ4v) is 2.15. The summed E-state index contributed by atoms with van der Waals surface area (Å²) in [5.41, 5.74) is 0.0195. The number of carbonyl (C=O) groups is 2. The second-order valence-electron chi connectivity index (χ2n) is 4.81. The van der Waals surface area contributed by atoms with E-state index in [1.165, 1.54) is 0 Å². The van der Waals surface area contributed by atoms with Gasteiger partial charge in [-0.05, 0) is 31.6 Å². The normalized spacial score (nSPS) is 23.6. The minimum Gasteiger partial charge on any atom is -0.475 e. The topological polar surface area (TPSA) is 92.4 Å². The molecule has 0 saturated heterocycles. The summed E-state index contributed by atoms with van der Waals surface area (Å²) in [5, 5.41) is 15.0. The van der Waals surface area contributed by atoms with E-state index >= 15 is 0 Å². The lowest BCUT2D eigenvalue weighted by Gasteiger charge is -2.26. The second kappa shape index (κ2) is 5.20. The van der Waals surface area contributed by atoms with Crippen molar-refractivity contribution < 1.29 is 19.2 Å². The predicted molar refractivity (Wildman–Crippen MR) is 62.3 cm³/mol. The van der Waals surface area contributed by atoms with Crippen LogP contribution in [0.3, 0.4) is 0 Å². The molecule has 18 heavy (non-hydrogen) atoms. The molecule has 0 unspecified atom stereocenters. The van der Waals surface area contributed by atoms with E-state index in [0.717, 1.165) is 31.7 Å². The van der Waals surface area contributed by atoms with E-state index in [4.69, 9.17) is 5.11 Å². The number of amides is 1. The average molecular weight is 252 g/mol. The highest BCUT2D eigenvalue weighted by Crippen LogP contribution is 2.23. The van der Waals surface area contributed by atoms with Gasteiger partial charge in [0.15, 0.2) is 5.69 Å². The van der Waals surface area contributed by atoms with Crippen molar-refractivity contribution in [3.8, 4) is 0 Å². The van der Waals surface area contributed by atoms with Gasteiger partial charge in [-0.25, -0.2) is 4.79 Å². The molecule has 98 valence electrons. The molecule has 1 aliphatic rings. The summed E-state index contributed by atoms with van der Waals surface area (Å²) in [6, 6.07) is 1.29. The van der Waals surface area contributed by atoms with Gasteiger partial charge in [0, 0.05) is 12.1 Å². The van der Waals surface area contributed by atoms with Crippen molar-refractivity contribution in [2.75, 3.05) is 0 Å². The zero-order valence-corrected chi connectivity index (χ0v) is 10.2. The number of carboxylic acids is 1. The highest BCUT2D eigenvalue weighted by atomic mass is 16.5. The molecule has 0 aliphatic heterocycles. The van der Waals surface area contributed by atoms with Gasteiger partial charge in [0.1, 0.15) is 0 Å². The standard InChI is InChI=1S/C12H16N2O4/c1-7-2-4-8(5-3-7)13-11(15)9-6-10(12(16)17)18-14-9/h6-8H,2-5H2,1H3,(H,13,15)(H,16,17). The molecule has 2 rings (SSSR count). The number of nitrogens with zero attached hydrogens (tertiary/aromatic N) is 1. The molecular weight excluding hydrogens is 236 g/mol. The van der Waals surface area contributed by atoms with Gasteiger partial charge in [0.05, 0.1) is 0 Å². The van der Waals surface area contributed by atoms with E-state index < -0.39 is 5.97 Å². The molecule has 1 aliphatic carbocycles. The van der Waals surface area contributed by atoms with Crippen molar-refractivity contribution in [2.45, 2.75) is 38.6 Å². The molecule has 6 nitrogen and oxygen atoms in total. The number of carboxylic acid groups (broad SMARTS) is 1. The number of hydrogen-bond acceptors (Lipinski definition) is 4. The van der Waals surface area contributed by atoms with Crippen molar-refractivity contribution in [3.05, 3.63) is 17.5 Å². The summed E-state index contributed by atoms with van der Waals surface area (Å²) >= 11 is 0. The van der Waals surface area contributed by atoms with Crippen molar-refractivity contribution in [1.82, 2.24) is 10.5 Å². The molecule has 1 aromatic heterocycles. The van der Waals surface area contributed by atoms with Crippen LogP contribution in [0.4, 0.5) is 0 Å². The number of carbonyl (C=O) groups excluding carboxylic acids is 1. The van der Waals surface area contributed by atoms with Gasteiger partial charge >= 0.3 is 5.97 Å². The van der Waals surface area contributed by atoms with Gasteiger partial charge in [-0.2, -0.15) is 0 Å². The fourth-order valence-electron chi connectivity index (χ4n) is 2.15. The van der Waals surface area contributed by atoms with Crippen LogP contribution in [0.15, 0.2) is 10.6 Å². The molecule has 1 saturated carbocycles. The van der Waals surface area contributed by atoms with Crippen LogP contribution < -0.4 is 5.32 Å². The number of nitrogens with one attached hydrogen (secondary N) is 1. The lowest BCUT2D eigenvalue weighted by molar-refractivity contribution is 0.0651. The first-order chi connectivity index (χ1) is 8.56. The number of rotatable bonds is 3. The smallest absolute Gasteiger partial charge is 0.374 e. The molecule has 0 bridgehead atoms. The quantitative estimate of drug-likeness (QED) is 0.853. The first-order valence-corrected chi connectivity index (χ1v) is 6.07. The Morgan fingerprint density at radius 2 is 2.06 bits per heavy atom. The maximum Gasteiger partial charge on any atom is 0.374 e. The van der Waals surface area contributed by atoms with E-state index in [1.54, 1.807) is 0 Å². The summed E-state index contributed by atoms with van der Waals surface area (Å²) in [6.45, 7) is 2.20. The molecular formula is C12H16N2O4. The van der Waals surface area contributed by atoms with Crippen molar-refractivity contribution in [3.63, 3.8) is 0 Å². The van der Waals surface area contributed by atoms with Gasteiger partial charge in [-0.15, -0.1) is 0 Å². The van der Waals surface area contributed by atoms with Crippen LogP contribution in [0.2, 0.25) is 0 Å². The molecule has 1 amide bonds. The molecule has 1 aromatic rings. The van der Waals surface area contributed by atoms with E-state index in [0.29, 0.717) is 5.92 Å². The minimum absolute atomic E-state index is 0.0195. The number of hydrogen-bond donors (Lipinski definition) is 2. The number of aromatic carboxylic acids is 1. The van der Waals surface area contributed by atoms with E-state index in [2.05, 4.69) is 21.9 Å². The van der Waals surface area contributed by atoms with Gasteiger partial charge in [0.2, 0.25) is 5.76 Å². The second-order valence-corrected chi connectivity index (χ2v) is 4.81. The Morgan fingerprint density at radius 3 is 2.61 bits per heavy atom. The Labute approximate surface area is 104 Å². The lowest BCUT2D eigenvalue weighted by Crippen LogP contribution is -2.37. The largest absolute Gasteiger partial charge is 0.475 e. The Morgan fingerprint density at radius 1 is 1.39 bits per heavy atom. The first kappa shape index (κ1) is 12.6. The molecule has 0 aromatic carbocycles. The molecule has 1 fully saturated rings. The van der Waals surface area contributed by atoms with E-state index in [-0.39, 0.29) is 23.4 Å². The Kier molecular flexibility index (Phi) is 3.64. The van der Waals surface area contributed by atoms with Crippen LogP contribution in [0.5, 0.6) is 0 Å². The van der Waals surface area contributed by atoms with Crippen LogP contribution in [0.25, 0.3) is 0 Å². The SMILES string of the molecule is CC1CCC(NC(=O)c2cc(C(=O)O)on2)CC1. The van der Waals surface area contributed by atoms with Gasteiger partial charge < -0.3 is 14.9 Å². The summed E-state index contributed by atoms with van der Waals surface area (Å²) in [5.74, 6) is -1.21. The van der Waals surface area contributed by atoms with Crippen LogP contribution in [0, 0.1) is 5.92 Å². The average Bonchev–Trinajstić information content (AvgIpc) is 2.81. The fraction of sp³-hybridized carbons (Fsp3) is 0.583. The van der Waals surface area contributed by atoms with Gasteiger partial charge in [-0.3, -0.25) is 4.79 Å².